The summed E-state index contributed by atoms with van der Waals surface area (Å²) in [5.41, 5.74) is 6.21. The fourth-order valence-corrected chi connectivity index (χ4v) is 1.07. The molecular formula is C10H12N2O2S. The van der Waals surface area contributed by atoms with Crippen LogP contribution in [0.3, 0.4) is 0 Å². The number of hydrogen-bond acceptors (Lipinski definition) is 3. The molecule has 1 aromatic carbocycles. The van der Waals surface area contributed by atoms with Crippen molar-refractivity contribution in [2.75, 3.05) is 13.7 Å². The fraction of sp³-hybridized carbons (Fsp3) is 0.200. The Morgan fingerprint density at radius 3 is 2.53 bits per heavy atom. The number of rotatable bonds is 4. The summed E-state index contributed by atoms with van der Waals surface area (Å²) < 4.78 is 5.20. The Bertz CT molecular complexity index is 362. The molecule has 3 N–H and O–H groups in total. The Morgan fingerprint density at radius 2 is 2.07 bits per heavy atom. The lowest BCUT2D eigenvalue weighted by Crippen LogP contribution is -2.24. The minimum atomic E-state index is -0.173. The van der Waals surface area contributed by atoms with Crippen LogP contribution in [0.4, 0.5) is 0 Å². The topological polar surface area (TPSA) is 64.3 Å². The van der Waals surface area contributed by atoms with Gasteiger partial charge >= 0.3 is 0 Å². The summed E-state index contributed by atoms with van der Waals surface area (Å²) >= 11 is 4.80. The first-order valence-electron chi connectivity index (χ1n) is 4.36. The molecule has 1 amide bonds. The average molecular weight is 224 g/mol. The Kier molecular flexibility index (Phi) is 4.05. The zero-order valence-electron chi connectivity index (χ0n) is 8.32. The summed E-state index contributed by atoms with van der Waals surface area (Å²) in [5.74, 6) is 0.437. The van der Waals surface area contributed by atoms with Gasteiger partial charge in [-0.05, 0) is 24.3 Å². The van der Waals surface area contributed by atoms with Gasteiger partial charge in [-0.15, -0.1) is 0 Å². The minimum Gasteiger partial charge on any atom is -0.484 e. The Labute approximate surface area is 93.4 Å². The van der Waals surface area contributed by atoms with E-state index in [2.05, 4.69) is 5.32 Å². The van der Waals surface area contributed by atoms with Crippen molar-refractivity contribution >= 4 is 23.1 Å². The van der Waals surface area contributed by atoms with Gasteiger partial charge in [0.2, 0.25) is 0 Å². The number of carbonyl (C=O) groups excluding carboxylic acids is 1. The van der Waals surface area contributed by atoms with Crippen molar-refractivity contribution in [2.45, 2.75) is 0 Å². The maximum absolute atomic E-state index is 10.9. The summed E-state index contributed by atoms with van der Waals surface area (Å²) in [4.78, 5) is 11.2. The molecule has 0 atom stereocenters. The van der Waals surface area contributed by atoms with Crippen molar-refractivity contribution in [1.82, 2.24) is 5.32 Å². The molecule has 0 aliphatic rings. The van der Waals surface area contributed by atoms with E-state index in [0.29, 0.717) is 10.7 Å². The van der Waals surface area contributed by atoms with E-state index in [1.165, 1.54) is 0 Å². The van der Waals surface area contributed by atoms with Crippen LogP contribution >= 0.6 is 12.2 Å². The molecule has 0 bridgehead atoms. The quantitative estimate of drug-likeness (QED) is 0.729. The third-order valence-electron chi connectivity index (χ3n) is 1.79. The first kappa shape index (κ1) is 11.5. The van der Waals surface area contributed by atoms with Gasteiger partial charge in [0.05, 0.1) is 0 Å². The number of amides is 1. The van der Waals surface area contributed by atoms with Crippen molar-refractivity contribution in [3.05, 3.63) is 29.8 Å². The number of thiocarbonyl (C=S) groups is 1. The average Bonchev–Trinajstić information content (AvgIpc) is 2.26. The lowest BCUT2D eigenvalue weighted by Gasteiger charge is -2.05. The van der Waals surface area contributed by atoms with E-state index in [0.717, 1.165) is 5.56 Å². The van der Waals surface area contributed by atoms with Gasteiger partial charge in [0.25, 0.3) is 5.91 Å². The molecule has 0 heterocycles. The predicted molar refractivity (Wildman–Crippen MR) is 61.9 cm³/mol. The molecule has 0 fully saturated rings. The highest BCUT2D eigenvalue weighted by molar-refractivity contribution is 7.80. The van der Waals surface area contributed by atoms with Crippen LogP contribution < -0.4 is 15.8 Å². The van der Waals surface area contributed by atoms with E-state index in [1.54, 1.807) is 31.3 Å². The maximum atomic E-state index is 10.9. The normalized spacial score (nSPS) is 9.40. The molecule has 0 aliphatic heterocycles. The van der Waals surface area contributed by atoms with Crippen molar-refractivity contribution < 1.29 is 9.53 Å². The molecule has 5 heteroatoms. The molecule has 0 spiro atoms. The van der Waals surface area contributed by atoms with Crippen molar-refractivity contribution in [3.8, 4) is 5.75 Å². The number of likely N-dealkylation sites (N-methyl/N-ethyl adjacent to an activating group) is 1. The van der Waals surface area contributed by atoms with Gasteiger partial charge in [-0.1, -0.05) is 12.2 Å². The molecule has 1 rings (SSSR count). The SMILES string of the molecule is CNC(=O)COc1ccc(C(N)=S)cc1. The van der Waals surface area contributed by atoms with E-state index in [1.807, 2.05) is 0 Å². The lowest BCUT2D eigenvalue weighted by molar-refractivity contribution is -0.122. The van der Waals surface area contributed by atoms with Crippen LogP contribution in [-0.4, -0.2) is 24.6 Å². The van der Waals surface area contributed by atoms with Crippen LogP contribution in [0, 0.1) is 0 Å². The molecule has 4 nitrogen and oxygen atoms in total. The van der Waals surface area contributed by atoms with E-state index in [-0.39, 0.29) is 12.5 Å². The van der Waals surface area contributed by atoms with Gasteiger partial charge in [-0.2, -0.15) is 0 Å². The predicted octanol–water partition coefficient (Wildman–Crippen LogP) is 0.446. The molecule has 0 unspecified atom stereocenters. The molecule has 0 aromatic heterocycles. The van der Waals surface area contributed by atoms with Crippen LogP contribution in [-0.2, 0) is 4.79 Å². The highest BCUT2D eigenvalue weighted by Crippen LogP contribution is 2.11. The van der Waals surface area contributed by atoms with Crippen molar-refractivity contribution in [1.29, 1.82) is 0 Å². The molecule has 1 aromatic rings. The monoisotopic (exact) mass is 224 g/mol. The molecular weight excluding hydrogens is 212 g/mol. The second-order valence-electron chi connectivity index (χ2n) is 2.85. The summed E-state index contributed by atoms with van der Waals surface area (Å²) in [6.07, 6.45) is 0. The first-order chi connectivity index (χ1) is 7.13. The first-order valence-corrected chi connectivity index (χ1v) is 4.77. The summed E-state index contributed by atoms with van der Waals surface area (Å²) in [7, 11) is 1.56. The molecule has 0 aliphatic carbocycles. The number of carbonyl (C=O) groups is 1. The summed E-state index contributed by atoms with van der Waals surface area (Å²) in [5, 5.41) is 2.46. The van der Waals surface area contributed by atoms with Crippen molar-refractivity contribution in [2.24, 2.45) is 5.73 Å². The fourth-order valence-electron chi connectivity index (χ4n) is 0.936. The maximum Gasteiger partial charge on any atom is 0.257 e. The van der Waals surface area contributed by atoms with Crippen LogP contribution in [0.1, 0.15) is 5.56 Å². The highest BCUT2D eigenvalue weighted by Gasteiger charge is 2.00. The number of benzene rings is 1. The molecule has 15 heavy (non-hydrogen) atoms. The van der Waals surface area contributed by atoms with E-state index < -0.39 is 0 Å². The molecule has 0 saturated heterocycles. The van der Waals surface area contributed by atoms with Gasteiger partial charge in [0, 0.05) is 12.6 Å². The lowest BCUT2D eigenvalue weighted by atomic mass is 10.2. The number of hydrogen-bond donors (Lipinski definition) is 2. The van der Waals surface area contributed by atoms with Gasteiger partial charge in [-0.3, -0.25) is 4.79 Å². The van der Waals surface area contributed by atoms with Crippen LogP contribution in [0.5, 0.6) is 5.75 Å². The van der Waals surface area contributed by atoms with Gasteiger partial charge in [0.15, 0.2) is 6.61 Å². The van der Waals surface area contributed by atoms with E-state index >= 15 is 0 Å². The van der Waals surface area contributed by atoms with Gasteiger partial charge < -0.3 is 15.8 Å². The third kappa shape index (κ3) is 3.55. The summed E-state index contributed by atoms with van der Waals surface area (Å²) in [6, 6.07) is 6.94. The second-order valence-corrected chi connectivity index (χ2v) is 3.29. The van der Waals surface area contributed by atoms with Gasteiger partial charge in [-0.25, -0.2) is 0 Å². The van der Waals surface area contributed by atoms with Crippen LogP contribution in [0.15, 0.2) is 24.3 Å². The zero-order valence-corrected chi connectivity index (χ0v) is 9.14. The Morgan fingerprint density at radius 1 is 1.47 bits per heavy atom. The standard InChI is InChI=1S/C10H12N2O2S/c1-12-9(13)6-14-8-4-2-7(3-5-8)10(11)15/h2-5H,6H2,1H3,(H2,11,15)(H,12,13). The number of nitrogens with one attached hydrogen (secondary N) is 1. The van der Waals surface area contributed by atoms with Crippen LogP contribution in [0.25, 0.3) is 0 Å². The highest BCUT2D eigenvalue weighted by atomic mass is 32.1. The van der Waals surface area contributed by atoms with E-state index in [9.17, 15) is 4.79 Å². The second kappa shape index (κ2) is 5.31. The molecule has 80 valence electrons. The smallest absolute Gasteiger partial charge is 0.257 e. The number of ether oxygens (including phenoxy) is 1. The largest absolute Gasteiger partial charge is 0.484 e. The van der Waals surface area contributed by atoms with Gasteiger partial charge in [0.1, 0.15) is 10.7 Å². The summed E-state index contributed by atoms with van der Waals surface area (Å²) in [6.45, 7) is 0.00289. The van der Waals surface area contributed by atoms with Crippen molar-refractivity contribution in [3.63, 3.8) is 0 Å². The third-order valence-corrected chi connectivity index (χ3v) is 2.02. The Balaban J connectivity index is 2.57. The molecule has 0 saturated carbocycles. The molecule has 0 radical (unpaired) electrons. The van der Waals surface area contributed by atoms with Crippen LogP contribution in [0.2, 0.25) is 0 Å². The Hall–Kier alpha value is -1.62. The van der Waals surface area contributed by atoms with E-state index in [4.69, 9.17) is 22.7 Å². The minimum absolute atomic E-state index is 0.00289. The number of nitrogens with two attached hydrogens (primary N) is 1. The zero-order chi connectivity index (χ0) is 11.3.